The number of hydrogen-bond donors (Lipinski definition) is 2. The summed E-state index contributed by atoms with van der Waals surface area (Å²) in [6.07, 6.45) is 1.80. The molecule has 0 aromatic heterocycles. The van der Waals surface area contributed by atoms with Gasteiger partial charge in [-0.05, 0) is 81.2 Å². The highest BCUT2D eigenvalue weighted by Crippen LogP contribution is 2.38. The minimum Gasteiger partial charge on any atom is -0.367 e. The number of primary sulfonamides is 1. The monoisotopic (exact) mass is 590 g/mol. The molecule has 5 rings (SSSR count). The maximum absolute atomic E-state index is 14.4. The van der Waals surface area contributed by atoms with Gasteiger partial charge >= 0.3 is 0 Å². The first-order valence-electron chi connectivity index (χ1n) is 14.1. The molecule has 2 fully saturated rings. The number of nitrogens with zero attached hydrogens (tertiary/aromatic N) is 4. The van der Waals surface area contributed by atoms with Crippen molar-refractivity contribution in [2.24, 2.45) is 5.14 Å². The number of aryl methyl sites for hydroxylation is 1. The quantitative estimate of drug-likeness (QED) is 0.448. The van der Waals surface area contributed by atoms with E-state index in [4.69, 9.17) is 5.14 Å². The second-order valence-electron chi connectivity index (χ2n) is 10.8. The van der Waals surface area contributed by atoms with Gasteiger partial charge in [-0.15, -0.1) is 0 Å². The topological polar surface area (TPSA) is 123 Å². The van der Waals surface area contributed by atoms with E-state index in [9.17, 15) is 22.9 Å². The van der Waals surface area contributed by atoms with E-state index >= 15 is 0 Å². The van der Waals surface area contributed by atoms with Crippen molar-refractivity contribution < 1.29 is 17.6 Å². The molecular weight excluding hydrogens is 555 g/mol. The number of halogens is 1. The van der Waals surface area contributed by atoms with Crippen LogP contribution in [0.5, 0.6) is 0 Å². The van der Waals surface area contributed by atoms with Gasteiger partial charge in [0.1, 0.15) is 16.8 Å². The molecule has 2 heterocycles. The summed E-state index contributed by atoms with van der Waals surface area (Å²) in [5.41, 5.74) is 4.81. The third kappa shape index (κ3) is 5.70. The number of para-hydroxylation sites is 1. The lowest BCUT2D eigenvalue weighted by molar-refractivity contribution is 0.0745. The van der Waals surface area contributed by atoms with E-state index in [0.717, 1.165) is 54.5 Å². The van der Waals surface area contributed by atoms with Crippen LogP contribution in [-0.2, 0) is 10.0 Å². The molecule has 42 heavy (non-hydrogen) atoms. The Hall–Kier alpha value is -3.98. The summed E-state index contributed by atoms with van der Waals surface area (Å²) in [6.45, 7) is 6.93. The van der Waals surface area contributed by atoms with Crippen LogP contribution in [0.2, 0.25) is 0 Å². The first kappa shape index (κ1) is 29.5. The Kier molecular flexibility index (Phi) is 8.50. The van der Waals surface area contributed by atoms with Crippen LogP contribution >= 0.6 is 0 Å². The van der Waals surface area contributed by atoms with Crippen molar-refractivity contribution in [3.63, 3.8) is 0 Å². The Bertz CT molecular complexity index is 1640. The number of rotatable bonds is 6. The zero-order chi connectivity index (χ0) is 30.0. The lowest BCUT2D eigenvalue weighted by Gasteiger charge is -2.39. The fourth-order valence-electron chi connectivity index (χ4n) is 6.13. The number of nitrogens with one attached hydrogen (secondary N) is 1. The van der Waals surface area contributed by atoms with E-state index in [2.05, 4.69) is 16.3 Å². The van der Waals surface area contributed by atoms with E-state index in [-0.39, 0.29) is 17.6 Å². The Morgan fingerprint density at radius 2 is 1.69 bits per heavy atom. The van der Waals surface area contributed by atoms with E-state index in [1.54, 1.807) is 9.80 Å². The molecule has 0 bridgehead atoms. The molecule has 0 unspecified atom stereocenters. The smallest absolute Gasteiger partial charge is 0.254 e. The summed E-state index contributed by atoms with van der Waals surface area (Å²) in [4.78, 5) is 19.2. The Morgan fingerprint density at radius 1 is 1.00 bits per heavy atom. The van der Waals surface area contributed by atoms with Crippen molar-refractivity contribution in [3.8, 4) is 6.07 Å². The van der Waals surface area contributed by atoms with Crippen LogP contribution in [0.3, 0.4) is 0 Å². The number of carbonyl (C=O) groups excluding carboxylic acids is 1. The Labute approximate surface area is 246 Å². The molecule has 220 valence electrons. The number of sulfonamides is 1. The van der Waals surface area contributed by atoms with Gasteiger partial charge in [0, 0.05) is 43.5 Å². The summed E-state index contributed by atoms with van der Waals surface area (Å²) < 4.78 is 38.7. The van der Waals surface area contributed by atoms with Gasteiger partial charge in [0.25, 0.3) is 5.91 Å². The van der Waals surface area contributed by atoms with Gasteiger partial charge in [-0.3, -0.25) is 4.79 Å². The van der Waals surface area contributed by atoms with Crippen molar-refractivity contribution in [2.75, 3.05) is 49.1 Å². The minimum absolute atomic E-state index is 0.115. The molecule has 0 saturated carbocycles. The number of piperidine rings is 1. The normalized spacial score (nSPS) is 16.3. The molecule has 0 aliphatic carbocycles. The van der Waals surface area contributed by atoms with Gasteiger partial charge < -0.3 is 20.0 Å². The second kappa shape index (κ2) is 12.1. The third-order valence-electron chi connectivity index (χ3n) is 8.21. The minimum atomic E-state index is -4.27. The molecule has 1 amide bonds. The van der Waals surface area contributed by atoms with Gasteiger partial charge in [-0.2, -0.15) is 5.26 Å². The highest BCUT2D eigenvalue weighted by atomic mass is 32.2. The lowest BCUT2D eigenvalue weighted by Crippen LogP contribution is -2.49. The van der Waals surface area contributed by atoms with Gasteiger partial charge in [-0.25, -0.2) is 17.9 Å². The standard InChI is InChI=1S/C31H35FN6O3S/c1-21-10-11-26(38(24-12-14-35-15-13-24)27-8-4-3-6-23(27)20-33)22(2)29(21)31(39)37-18-16-36(17-19-37)28-9-5-7-25(32)30(28)42(34,40)41/h3-11,24,35H,12-19H2,1-2H3,(H2,34,40,41). The molecule has 2 saturated heterocycles. The fraction of sp³-hybridized carbons (Fsp3) is 0.355. The number of amides is 1. The molecule has 3 aromatic carbocycles. The number of hydrogen-bond acceptors (Lipinski definition) is 7. The molecule has 3 aromatic rings. The van der Waals surface area contributed by atoms with Crippen molar-refractivity contribution in [1.82, 2.24) is 10.2 Å². The number of benzene rings is 3. The van der Waals surface area contributed by atoms with E-state index in [1.165, 1.54) is 12.1 Å². The lowest BCUT2D eigenvalue weighted by atomic mass is 9.95. The van der Waals surface area contributed by atoms with Gasteiger partial charge in [-0.1, -0.05) is 24.3 Å². The van der Waals surface area contributed by atoms with Gasteiger partial charge in [0.2, 0.25) is 10.0 Å². The van der Waals surface area contributed by atoms with Crippen LogP contribution in [0.25, 0.3) is 0 Å². The molecule has 0 atom stereocenters. The van der Waals surface area contributed by atoms with Gasteiger partial charge in [0.15, 0.2) is 0 Å². The highest BCUT2D eigenvalue weighted by molar-refractivity contribution is 7.89. The van der Waals surface area contributed by atoms with E-state index in [1.807, 2.05) is 50.2 Å². The van der Waals surface area contributed by atoms with Crippen molar-refractivity contribution in [2.45, 2.75) is 37.6 Å². The first-order chi connectivity index (χ1) is 20.1. The maximum Gasteiger partial charge on any atom is 0.254 e. The first-order valence-corrected chi connectivity index (χ1v) is 15.6. The average Bonchev–Trinajstić information content (AvgIpc) is 2.98. The zero-order valence-corrected chi connectivity index (χ0v) is 24.6. The highest BCUT2D eigenvalue weighted by Gasteiger charge is 2.31. The molecule has 3 N–H and O–H groups in total. The second-order valence-corrected chi connectivity index (χ2v) is 12.3. The van der Waals surface area contributed by atoms with Crippen molar-refractivity contribution >= 4 is 33.0 Å². The predicted molar refractivity (Wildman–Crippen MR) is 161 cm³/mol. The van der Waals surface area contributed by atoms with Crippen LogP contribution in [0.4, 0.5) is 21.5 Å². The number of piperazine rings is 1. The third-order valence-corrected chi connectivity index (χ3v) is 9.19. The average molecular weight is 591 g/mol. The number of nitrogens with two attached hydrogens (primary N) is 1. The molecule has 9 nitrogen and oxygen atoms in total. The largest absolute Gasteiger partial charge is 0.367 e. The number of carbonyl (C=O) groups is 1. The van der Waals surface area contributed by atoms with Gasteiger partial charge in [0.05, 0.1) is 16.9 Å². The summed E-state index contributed by atoms with van der Waals surface area (Å²) in [7, 11) is -4.27. The summed E-state index contributed by atoms with van der Waals surface area (Å²) in [5.74, 6) is -1.01. The summed E-state index contributed by atoms with van der Waals surface area (Å²) >= 11 is 0. The van der Waals surface area contributed by atoms with Crippen LogP contribution in [0.15, 0.2) is 59.5 Å². The molecular formula is C31H35FN6O3S. The Morgan fingerprint density at radius 3 is 2.36 bits per heavy atom. The number of nitriles is 1. The fourth-order valence-corrected chi connectivity index (χ4v) is 6.96. The number of anilines is 3. The molecule has 2 aliphatic rings. The maximum atomic E-state index is 14.4. The van der Waals surface area contributed by atoms with Crippen LogP contribution in [0, 0.1) is 31.0 Å². The Balaban J connectivity index is 1.45. The molecule has 11 heteroatoms. The molecule has 0 radical (unpaired) electrons. The zero-order valence-electron chi connectivity index (χ0n) is 23.8. The van der Waals surface area contributed by atoms with E-state index < -0.39 is 20.7 Å². The van der Waals surface area contributed by atoms with E-state index in [0.29, 0.717) is 37.3 Å². The summed E-state index contributed by atoms with van der Waals surface area (Å²) in [6, 6.07) is 18.1. The van der Waals surface area contributed by atoms with Crippen molar-refractivity contribution in [3.05, 3.63) is 82.7 Å². The van der Waals surface area contributed by atoms with Crippen LogP contribution < -0.4 is 20.3 Å². The summed E-state index contributed by atoms with van der Waals surface area (Å²) in [5, 5.41) is 18.6. The molecule has 2 aliphatic heterocycles. The SMILES string of the molecule is Cc1ccc(N(c2ccccc2C#N)C2CCNCC2)c(C)c1C(=O)N1CCN(c2cccc(F)c2S(N)(=O)=O)CC1. The van der Waals surface area contributed by atoms with Crippen molar-refractivity contribution in [1.29, 1.82) is 5.26 Å². The predicted octanol–water partition coefficient (Wildman–Crippen LogP) is 3.81. The molecule has 0 spiro atoms. The van der Waals surface area contributed by atoms with Crippen LogP contribution in [-0.4, -0.2) is 64.5 Å². The van der Waals surface area contributed by atoms with Crippen LogP contribution in [0.1, 0.15) is 39.9 Å².